The summed E-state index contributed by atoms with van der Waals surface area (Å²) in [7, 11) is 0. The predicted molar refractivity (Wildman–Crippen MR) is 70.9 cm³/mol. The van der Waals surface area contributed by atoms with Crippen LogP contribution in [-0.2, 0) is 9.53 Å². The van der Waals surface area contributed by atoms with E-state index in [1.165, 1.54) is 0 Å². The summed E-state index contributed by atoms with van der Waals surface area (Å²) in [4.78, 5) is 12.2. The molecule has 1 atom stereocenters. The molecule has 6 heteroatoms. The summed E-state index contributed by atoms with van der Waals surface area (Å²) in [5.41, 5.74) is 5.12. The van der Waals surface area contributed by atoms with Crippen molar-refractivity contribution in [3.63, 3.8) is 0 Å². The number of carbonyl (C=O) groups is 1. The minimum Gasteiger partial charge on any atom is -0.409 e. The Labute approximate surface area is 113 Å². The average Bonchev–Trinajstić information content (AvgIpc) is 2.95. The van der Waals surface area contributed by atoms with E-state index in [0.717, 1.165) is 25.7 Å². The second-order valence-electron chi connectivity index (χ2n) is 5.74. The van der Waals surface area contributed by atoms with Crippen molar-refractivity contribution in [1.82, 2.24) is 5.32 Å². The lowest BCUT2D eigenvalue weighted by molar-refractivity contribution is -0.131. The number of nitrogens with zero attached hydrogens (tertiary/aromatic N) is 1. The first-order valence-electron chi connectivity index (χ1n) is 6.99. The normalized spacial score (nSPS) is 36.2. The van der Waals surface area contributed by atoms with Gasteiger partial charge in [0.05, 0.1) is 0 Å². The Balaban J connectivity index is 2.07. The van der Waals surface area contributed by atoms with Crippen LogP contribution in [0, 0.1) is 5.92 Å². The van der Waals surface area contributed by atoms with Crippen LogP contribution in [0.25, 0.3) is 0 Å². The molecule has 6 nitrogen and oxygen atoms in total. The van der Waals surface area contributed by atoms with Gasteiger partial charge in [-0.15, -0.1) is 0 Å². The molecule has 0 bridgehead atoms. The number of carbonyl (C=O) groups excluding carboxylic acids is 1. The van der Waals surface area contributed by atoms with E-state index >= 15 is 0 Å². The van der Waals surface area contributed by atoms with E-state index in [2.05, 4.69) is 17.4 Å². The molecule has 1 aliphatic carbocycles. The first-order valence-corrected chi connectivity index (χ1v) is 6.99. The van der Waals surface area contributed by atoms with Crippen LogP contribution < -0.4 is 11.1 Å². The molecule has 0 spiro atoms. The van der Waals surface area contributed by atoms with Gasteiger partial charge in [-0.25, -0.2) is 0 Å². The van der Waals surface area contributed by atoms with E-state index in [0.29, 0.717) is 25.4 Å². The number of ether oxygens (including phenoxy) is 1. The third-order valence-corrected chi connectivity index (χ3v) is 4.31. The van der Waals surface area contributed by atoms with Crippen LogP contribution in [0.5, 0.6) is 0 Å². The zero-order valence-corrected chi connectivity index (χ0v) is 11.4. The smallest absolute Gasteiger partial charge is 0.249 e. The number of amides is 1. The van der Waals surface area contributed by atoms with E-state index in [9.17, 15) is 4.79 Å². The highest BCUT2D eigenvalue weighted by Crippen LogP contribution is 2.32. The molecule has 2 aliphatic rings. The number of hydrogen-bond donors (Lipinski definition) is 3. The number of oxime groups is 1. The van der Waals surface area contributed by atoms with Crippen LogP contribution >= 0.6 is 0 Å². The van der Waals surface area contributed by atoms with Gasteiger partial charge in [-0.1, -0.05) is 12.1 Å². The van der Waals surface area contributed by atoms with Crippen molar-refractivity contribution >= 4 is 11.7 Å². The van der Waals surface area contributed by atoms with Crippen LogP contribution in [0.15, 0.2) is 5.16 Å². The van der Waals surface area contributed by atoms with Crippen molar-refractivity contribution in [2.45, 2.75) is 57.1 Å². The van der Waals surface area contributed by atoms with Crippen molar-refractivity contribution in [1.29, 1.82) is 0 Å². The fourth-order valence-electron chi connectivity index (χ4n) is 2.90. The van der Waals surface area contributed by atoms with Gasteiger partial charge in [0.15, 0.2) is 5.84 Å². The number of rotatable bonds is 3. The molecular weight excluding hydrogens is 246 g/mol. The van der Waals surface area contributed by atoms with E-state index in [1.807, 2.05) is 0 Å². The molecular formula is C13H23N3O3. The number of nitrogens with one attached hydrogen (secondary N) is 1. The molecule has 1 unspecified atom stereocenters. The van der Waals surface area contributed by atoms with Gasteiger partial charge in [-0.3, -0.25) is 4.79 Å². The standard InChI is InChI=1S/C13H23N3O3/c1-9-4-6-13(7-5-9,12(14)16-18)15-11(17)10-3-2-8-19-10/h9-10,18H,2-8H2,1H3,(H2,14,16)(H,15,17). The van der Waals surface area contributed by atoms with Gasteiger partial charge in [0.25, 0.3) is 0 Å². The van der Waals surface area contributed by atoms with Crippen molar-refractivity contribution < 1.29 is 14.7 Å². The van der Waals surface area contributed by atoms with Crippen molar-refractivity contribution in [2.75, 3.05) is 6.61 Å². The van der Waals surface area contributed by atoms with Crippen LogP contribution in [0.4, 0.5) is 0 Å². The molecule has 19 heavy (non-hydrogen) atoms. The molecule has 0 aromatic heterocycles. The van der Waals surface area contributed by atoms with Crippen LogP contribution in [0.2, 0.25) is 0 Å². The lowest BCUT2D eigenvalue weighted by Gasteiger charge is -2.39. The second kappa shape index (κ2) is 5.77. The Morgan fingerprint density at radius 1 is 1.42 bits per heavy atom. The predicted octanol–water partition coefficient (Wildman–Crippen LogP) is 0.977. The molecule has 1 amide bonds. The van der Waals surface area contributed by atoms with Crippen LogP contribution in [0.3, 0.4) is 0 Å². The maximum atomic E-state index is 12.2. The van der Waals surface area contributed by atoms with Gasteiger partial charge in [0.2, 0.25) is 5.91 Å². The number of hydrogen-bond acceptors (Lipinski definition) is 4. The third-order valence-electron chi connectivity index (χ3n) is 4.31. The Hall–Kier alpha value is -1.30. The molecule has 0 radical (unpaired) electrons. The van der Waals surface area contributed by atoms with Crippen molar-refractivity contribution in [3.05, 3.63) is 0 Å². The summed E-state index contributed by atoms with van der Waals surface area (Å²) in [5.74, 6) is 0.573. The lowest BCUT2D eigenvalue weighted by Crippen LogP contribution is -2.60. The zero-order valence-electron chi connectivity index (χ0n) is 11.4. The van der Waals surface area contributed by atoms with Gasteiger partial charge < -0.3 is 21.0 Å². The summed E-state index contributed by atoms with van der Waals surface area (Å²) < 4.78 is 5.38. The second-order valence-corrected chi connectivity index (χ2v) is 5.74. The van der Waals surface area contributed by atoms with E-state index in [1.54, 1.807) is 0 Å². The molecule has 108 valence electrons. The minimum absolute atomic E-state index is 0.103. The Morgan fingerprint density at radius 3 is 2.63 bits per heavy atom. The first kappa shape index (κ1) is 14.1. The average molecular weight is 269 g/mol. The molecule has 0 aromatic carbocycles. The van der Waals surface area contributed by atoms with Crippen LogP contribution in [0.1, 0.15) is 45.4 Å². The molecule has 2 rings (SSSR count). The van der Waals surface area contributed by atoms with Gasteiger partial charge in [0.1, 0.15) is 11.6 Å². The fourth-order valence-corrected chi connectivity index (χ4v) is 2.90. The monoisotopic (exact) mass is 269 g/mol. The number of amidine groups is 1. The van der Waals surface area contributed by atoms with Gasteiger partial charge in [-0.2, -0.15) is 0 Å². The maximum Gasteiger partial charge on any atom is 0.249 e. The van der Waals surface area contributed by atoms with Gasteiger partial charge in [-0.05, 0) is 44.4 Å². The third kappa shape index (κ3) is 3.00. The topological polar surface area (TPSA) is 96.9 Å². The highest BCUT2D eigenvalue weighted by molar-refractivity contribution is 5.95. The van der Waals surface area contributed by atoms with Crippen LogP contribution in [-0.4, -0.2) is 35.2 Å². The Kier molecular flexibility index (Phi) is 4.29. The first-order chi connectivity index (χ1) is 9.07. The SMILES string of the molecule is CC1CCC(NC(=O)C2CCCO2)(/C(N)=N/O)CC1. The largest absolute Gasteiger partial charge is 0.409 e. The molecule has 1 aliphatic heterocycles. The Morgan fingerprint density at radius 2 is 2.11 bits per heavy atom. The van der Waals surface area contributed by atoms with E-state index < -0.39 is 5.54 Å². The van der Waals surface area contributed by atoms with Gasteiger partial charge in [0, 0.05) is 6.61 Å². The molecule has 0 aromatic rings. The quantitative estimate of drug-likeness (QED) is 0.308. The number of nitrogens with two attached hydrogens (primary N) is 1. The van der Waals surface area contributed by atoms with E-state index in [-0.39, 0.29) is 17.8 Å². The molecule has 1 saturated heterocycles. The summed E-state index contributed by atoms with van der Waals surface area (Å²) in [5, 5.41) is 15.1. The molecule has 4 N–H and O–H groups in total. The fraction of sp³-hybridized carbons (Fsp3) is 0.846. The molecule has 1 saturated carbocycles. The summed E-state index contributed by atoms with van der Waals surface area (Å²) in [6.07, 6.45) is 4.61. The zero-order chi connectivity index (χ0) is 13.9. The Bertz CT molecular complexity index is 356. The highest BCUT2D eigenvalue weighted by atomic mass is 16.5. The van der Waals surface area contributed by atoms with Crippen molar-refractivity contribution in [2.24, 2.45) is 16.8 Å². The van der Waals surface area contributed by atoms with Gasteiger partial charge >= 0.3 is 0 Å². The molecule has 1 heterocycles. The summed E-state index contributed by atoms with van der Waals surface area (Å²) >= 11 is 0. The molecule has 2 fully saturated rings. The summed E-state index contributed by atoms with van der Waals surface area (Å²) in [6.45, 7) is 2.81. The lowest BCUT2D eigenvalue weighted by atomic mass is 9.76. The van der Waals surface area contributed by atoms with E-state index in [4.69, 9.17) is 15.7 Å². The minimum atomic E-state index is -0.704. The van der Waals surface area contributed by atoms with Crippen molar-refractivity contribution in [3.8, 4) is 0 Å². The maximum absolute atomic E-state index is 12.2. The summed E-state index contributed by atoms with van der Waals surface area (Å²) in [6, 6.07) is 0. The highest BCUT2D eigenvalue weighted by Gasteiger charge is 2.41.